The Morgan fingerprint density at radius 1 is 1.48 bits per heavy atom. The fourth-order valence-electron chi connectivity index (χ4n) is 1.90. The van der Waals surface area contributed by atoms with Crippen molar-refractivity contribution in [3.63, 3.8) is 0 Å². The summed E-state index contributed by atoms with van der Waals surface area (Å²) in [5.74, 6) is -1.80. The number of aliphatic carboxylic acids is 1. The first-order chi connectivity index (χ1) is 9.57. The van der Waals surface area contributed by atoms with E-state index < -0.39 is 28.3 Å². The SMILES string of the molecule is CCn1cc([N+](=O)[O-])cc1C(=O)NC(C(=O)O)C(C)(C)C. The van der Waals surface area contributed by atoms with Gasteiger partial charge >= 0.3 is 5.97 Å². The maximum absolute atomic E-state index is 12.2. The minimum atomic E-state index is -1.15. The molecular formula is C13H19N3O5. The predicted octanol–water partition coefficient (Wildman–Crippen LogP) is 1.65. The van der Waals surface area contributed by atoms with E-state index in [1.807, 2.05) is 0 Å². The second kappa shape index (κ2) is 5.94. The monoisotopic (exact) mass is 297 g/mol. The van der Waals surface area contributed by atoms with Gasteiger partial charge in [0, 0.05) is 12.6 Å². The molecule has 2 N–H and O–H groups in total. The van der Waals surface area contributed by atoms with Gasteiger partial charge in [-0.3, -0.25) is 14.9 Å². The van der Waals surface area contributed by atoms with Crippen LogP contribution in [0.1, 0.15) is 38.2 Å². The summed E-state index contributed by atoms with van der Waals surface area (Å²) in [4.78, 5) is 33.6. The van der Waals surface area contributed by atoms with Crippen LogP contribution < -0.4 is 5.32 Å². The lowest BCUT2D eigenvalue weighted by Gasteiger charge is -2.27. The van der Waals surface area contributed by atoms with Crippen LogP contribution >= 0.6 is 0 Å². The zero-order chi connectivity index (χ0) is 16.4. The Balaban J connectivity index is 3.08. The summed E-state index contributed by atoms with van der Waals surface area (Å²) >= 11 is 0. The van der Waals surface area contributed by atoms with Gasteiger partial charge in [-0.05, 0) is 12.3 Å². The van der Waals surface area contributed by atoms with Crippen molar-refractivity contribution in [2.24, 2.45) is 5.41 Å². The van der Waals surface area contributed by atoms with Crippen LogP contribution in [0.15, 0.2) is 12.3 Å². The summed E-state index contributed by atoms with van der Waals surface area (Å²) in [6, 6.07) is 0.0460. The molecule has 1 rings (SSSR count). The molecule has 0 aliphatic rings. The predicted molar refractivity (Wildman–Crippen MR) is 75.1 cm³/mol. The van der Waals surface area contributed by atoms with Crippen LogP contribution in [0.3, 0.4) is 0 Å². The zero-order valence-corrected chi connectivity index (χ0v) is 12.4. The van der Waals surface area contributed by atoms with Crippen molar-refractivity contribution >= 4 is 17.6 Å². The number of carboxylic acids is 1. The molecule has 0 saturated carbocycles. The van der Waals surface area contributed by atoms with E-state index in [0.29, 0.717) is 6.54 Å². The first kappa shape index (κ1) is 16.7. The first-order valence-electron chi connectivity index (χ1n) is 6.46. The molecule has 1 unspecified atom stereocenters. The van der Waals surface area contributed by atoms with E-state index in [-0.39, 0.29) is 11.4 Å². The minimum Gasteiger partial charge on any atom is -0.480 e. The standard InChI is InChI=1S/C13H19N3O5/c1-5-15-7-8(16(20)21)6-9(15)11(17)14-10(12(18)19)13(2,3)4/h6-7,10H,5H2,1-4H3,(H,14,17)(H,18,19). The molecule has 1 amide bonds. The number of nitrogens with zero attached hydrogens (tertiary/aromatic N) is 2. The van der Waals surface area contributed by atoms with Gasteiger partial charge in [-0.2, -0.15) is 0 Å². The molecule has 0 aromatic carbocycles. The highest BCUT2D eigenvalue weighted by Crippen LogP contribution is 2.21. The van der Waals surface area contributed by atoms with Crippen molar-refractivity contribution in [2.75, 3.05) is 0 Å². The van der Waals surface area contributed by atoms with Crippen LogP contribution in [0.25, 0.3) is 0 Å². The summed E-state index contributed by atoms with van der Waals surface area (Å²) in [5, 5.41) is 22.4. The highest BCUT2D eigenvalue weighted by molar-refractivity contribution is 5.96. The molecule has 0 fully saturated rings. The van der Waals surface area contributed by atoms with Gasteiger partial charge < -0.3 is 15.0 Å². The van der Waals surface area contributed by atoms with Gasteiger partial charge in [0.2, 0.25) is 0 Å². The van der Waals surface area contributed by atoms with E-state index in [1.165, 1.54) is 10.8 Å². The van der Waals surface area contributed by atoms with E-state index in [1.54, 1.807) is 27.7 Å². The van der Waals surface area contributed by atoms with Crippen molar-refractivity contribution in [1.29, 1.82) is 0 Å². The van der Waals surface area contributed by atoms with Gasteiger partial charge in [0.25, 0.3) is 11.6 Å². The van der Waals surface area contributed by atoms with Crippen LogP contribution in [-0.4, -0.2) is 32.5 Å². The number of rotatable bonds is 5. The molecule has 0 spiro atoms. The third kappa shape index (κ3) is 3.80. The van der Waals surface area contributed by atoms with Gasteiger partial charge in [0.15, 0.2) is 0 Å². The average Bonchev–Trinajstić information content (AvgIpc) is 2.78. The lowest BCUT2D eigenvalue weighted by molar-refractivity contribution is -0.384. The largest absolute Gasteiger partial charge is 0.480 e. The molecule has 21 heavy (non-hydrogen) atoms. The summed E-state index contributed by atoms with van der Waals surface area (Å²) in [6.07, 6.45) is 1.25. The average molecular weight is 297 g/mol. The highest BCUT2D eigenvalue weighted by atomic mass is 16.6. The van der Waals surface area contributed by atoms with Crippen LogP contribution in [0.2, 0.25) is 0 Å². The second-order valence-corrected chi connectivity index (χ2v) is 5.74. The number of hydrogen-bond donors (Lipinski definition) is 2. The highest BCUT2D eigenvalue weighted by Gasteiger charge is 2.33. The number of amides is 1. The number of carbonyl (C=O) groups is 2. The molecule has 1 heterocycles. The first-order valence-corrected chi connectivity index (χ1v) is 6.46. The molecule has 0 aliphatic carbocycles. The van der Waals surface area contributed by atoms with E-state index in [4.69, 9.17) is 0 Å². The lowest BCUT2D eigenvalue weighted by atomic mass is 9.86. The Bertz CT molecular complexity index is 571. The molecule has 0 saturated heterocycles. The third-order valence-corrected chi connectivity index (χ3v) is 3.05. The second-order valence-electron chi connectivity index (χ2n) is 5.74. The summed E-state index contributed by atoms with van der Waals surface area (Å²) < 4.78 is 1.41. The number of hydrogen-bond acceptors (Lipinski definition) is 4. The normalized spacial score (nSPS) is 12.8. The minimum absolute atomic E-state index is 0.0692. The Labute approximate surface area is 121 Å². The maximum Gasteiger partial charge on any atom is 0.326 e. The molecule has 8 heteroatoms. The van der Waals surface area contributed by atoms with E-state index in [9.17, 15) is 24.8 Å². The smallest absolute Gasteiger partial charge is 0.326 e. The molecule has 116 valence electrons. The van der Waals surface area contributed by atoms with Gasteiger partial charge in [-0.15, -0.1) is 0 Å². The van der Waals surface area contributed by atoms with Crippen molar-refractivity contribution in [2.45, 2.75) is 40.3 Å². The summed E-state index contributed by atoms with van der Waals surface area (Å²) in [6.45, 7) is 7.16. The number of carboxylic acid groups (broad SMARTS) is 1. The van der Waals surface area contributed by atoms with Crippen LogP contribution in [-0.2, 0) is 11.3 Å². The quantitative estimate of drug-likeness (QED) is 0.633. The number of nitrogens with one attached hydrogen (secondary N) is 1. The van der Waals surface area contributed by atoms with Gasteiger partial charge in [0.05, 0.1) is 11.1 Å². The van der Waals surface area contributed by atoms with Crippen molar-refractivity contribution in [1.82, 2.24) is 9.88 Å². The molecule has 0 aliphatic heterocycles. The van der Waals surface area contributed by atoms with Gasteiger partial charge in [-0.25, -0.2) is 4.79 Å². The molecule has 0 bridgehead atoms. The van der Waals surface area contributed by atoms with E-state index >= 15 is 0 Å². The van der Waals surface area contributed by atoms with E-state index in [2.05, 4.69) is 5.32 Å². The van der Waals surface area contributed by atoms with Crippen LogP contribution in [0.4, 0.5) is 5.69 Å². The fraction of sp³-hybridized carbons (Fsp3) is 0.538. The van der Waals surface area contributed by atoms with Crippen LogP contribution in [0.5, 0.6) is 0 Å². The number of carbonyl (C=O) groups excluding carboxylic acids is 1. The molecule has 8 nitrogen and oxygen atoms in total. The molecule has 1 atom stereocenters. The van der Waals surface area contributed by atoms with Gasteiger partial charge in [0.1, 0.15) is 11.7 Å². The third-order valence-electron chi connectivity index (χ3n) is 3.05. The number of aromatic nitrogens is 1. The maximum atomic E-state index is 12.2. The summed E-state index contributed by atoms with van der Waals surface area (Å²) in [7, 11) is 0. The van der Waals surface area contributed by atoms with Crippen molar-refractivity contribution in [3.05, 3.63) is 28.1 Å². The van der Waals surface area contributed by atoms with Crippen LogP contribution in [0, 0.1) is 15.5 Å². The lowest BCUT2D eigenvalue weighted by Crippen LogP contribution is -2.49. The van der Waals surface area contributed by atoms with Crippen molar-refractivity contribution in [3.8, 4) is 0 Å². The summed E-state index contributed by atoms with van der Waals surface area (Å²) in [5.41, 5.74) is -0.818. The Kier molecular flexibility index (Phi) is 4.72. The molecule has 1 aromatic rings. The number of aryl methyl sites for hydroxylation is 1. The Hall–Kier alpha value is -2.38. The van der Waals surface area contributed by atoms with E-state index in [0.717, 1.165) is 6.07 Å². The topological polar surface area (TPSA) is 114 Å². The fourth-order valence-corrected chi connectivity index (χ4v) is 1.90. The van der Waals surface area contributed by atoms with Crippen molar-refractivity contribution < 1.29 is 19.6 Å². The molecular weight excluding hydrogens is 278 g/mol. The molecule has 0 radical (unpaired) electrons. The zero-order valence-electron chi connectivity index (χ0n) is 12.4. The molecule has 1 aromatic heterocycles. The Morgan fingerprint density at radius 3 is 2.43 bits per heavy atom. The Morgan fingerprint density at radius 2 is 2.05 bits per heavy atom. The van der Waals surface area contributed by atoms with Gasteiger partial charge in [-0.1, -0.05) is 20.8 Å². The number of nitro groups is 1.